The van der Waals surface area contributed by atoms with E-state index in [1.54, 1.807) is 7.11 Å². The van der Waals surface area contributed by atoms with Gasteiger partial charge in [-0.3, -0.25) is 0 Å². The van der Waals surface area contributed by atoms with E-state index in [0.717, 1.165) is 19.4 Å². The summed E-state index contributed by atoms with van der Waals surface area (Å²) in [6, 6.07) is 0. The summed E-state index contributed by atoms with van der Waals surface area (Å²) in [6.07, 6.45) is 3.31. The Morgan fingerprint density at radius 3 is 2.53 bits per heavy atom. The monoisotopic (exact) mass is 273 g/mol. The van der Waals surface area contributed by atoms with E-state index in [9.17, 15) is 5.11 Å². The third-order valence-electron chi connectivity index (χ3n) is 3.94. The molecule has 0 spiro atoms. The molecule has 4 heteroatoms. The van der Waals surface area contributed by atoms with Gasteiger partial charge in [-0.1, -0.05) is 20.8 Å². The summed E-state index contributed by atoms with van der Waals surface area (Å²) < 4.78 is 10.4. The zero-order chi connectivity index (χ0) is 14.4. The second kappa shape index (κ2) is 7.58. The molecule has 1 aliphatic carbocycles. The Hall–Kier alpha value is -0.160. The third kappa shape index (κ3) is 5.78. The summed E-state index contributed by atoms with van der Waals surface area (Å²) in [5, 5.41) is 13.3. The fraction of sp³-hybridized carbons (Fsp3) is 1.00. The summed E-state index contributed by atoms with van der Waals surface area (Å²) in [6.45, 7) is 9.79. The van der Waals surface area contributed by atoms with Gasteiger partial charge in [-0.2, -0.15) is 0 Å². The number of nitrogens with one attached hydrogen (secondary N) is 1. The minimum atomic E-state index is -0.133. The highest BCUT2D eigenvalue weighted by atomic mass is 16.5. The number of aliphatic hydroxyl groups excluding tert-OH is 1. The Labute approximate surface area is 117 Å². The van der Waals surface area contributed by atoms with Crippen LogP contribution in [0.5, 0.6) is 0 Å². The Morgan fingerprint density at radius 1 is 1.21 bits per heavy atom. The van der Waals surface area contributed by atoms with Crippen molar-refractivity contribution in [3.05, 3.63) is 0 Å². The van der Waals surface area contributed by atoms with Crippen LogP contribution in [0.4, 0.5) is 0 Å². The van der Waals surface area contributed by atoms with Crippen molar-refractivity contribution < 1.29 is 14.6 Å². The van der Waals surface area contributed by atoms with Gasteiger partial charge < -0.3 is 19.9 Å². The first-order chi connectivity index (χ1) is 8.93. The maximum atomic E-state index is 9.81. The van der Waals surface area contributed by atoms with E-state index < -0.39 is 0 Å². The van der Waals surface area contributed by atoms with Gasteiger partial charge in [0.2, 0.25) is 0 Å². The fourth-order valence-corrected chi connectivity index (χ4v) is 3.69. The first-order valence-corrected chi connectivity index (χ1v) is 7.36. The van der Waals surface area contributed by atoms with Crippen LogP contribution in [-0.4, -0.2) is 50.7 Å². The Morgan fingerprint density at radius 2 is 1.95 bits per heavy atom. The van der Waals surface area contributed by atoms with Crippen molar-refractivity contribution in [2.45, 2.75) is 45.6 Å². The average molecular weight is 273 g/mol. The van der Waals surface area contributed by atoms with Gasteiger partial charge in [0.25, 0.3) is 0 Å². The van der Waals surface area contributed by atoms with E-state index in [1.165, 1.54) is 6.42 Å². The summed E-state index contributed by atoms with van der Waals surface area (Å²) >= 11 is 0. The Balaban J connectivity index is 2.38. The lowest BCUT2D eigenvalue weighted by atomic mass is 9.64. The van der Waals surface area contributed by atoms with E-state index in [1.807, 2.05) is 0 Å². The lowest BCUT2D eigenvalue weighted by Crippen LogP contribution is -2.56. The third-order valence-corrected chi connectivity index (χ3v) is 3.94. The molecule has 0 aromatic rings. The van der Waals surface area contributed by atoms with Crippen LogP contribution in [0.2, 0.25) is 0 Å². The zero-order valence-corrected chi connectivity index (χ0v) is 13.0. The van der Waals surface area contributed by atoms with Gasteiger partial charge in [-0.15, -0.1) is 0 Å². The van der Waals surface area contributed by atoms with Gasteiger partial charge in [0, 0.05) is 19.2 Å². The highest BCUT2D eigenvalue weighted by molar-refractivity contribution is 4.98. The van der Waals surface area contributed by atoms with Gasteiger partial charge in [0.15, 0.2) is 0 Å². The maximum Gasteiger partial charge on any atom is 0.0700 e. The predicted octanol–water partition coefficient (Wildman–Crippen LogP) is 1.82. The quantitative estimate of drug-likeness (QED) is 0.662. The molecule has 1 aliphatic rings. The smallest absolute Gasteiger partial charge is 0.0700 e. The zero-order valence-electron chi connectivity index (χ0n) is 13.0. The summed E-state index contributed by atoms with van der Waals surface area (Å²) in [5.41, 5.74) is 0.163. The summed E-state index contributed by atoms with van der Waals surface area (Å²) in [7, 11) is 1.67. The molecule has 0 radical (unpaired) electrons. The molecule has 0 amide bonds. The Bertz CT molecular complexity index is 258. The lowest BCUT2D eigenvalue weighted by molar-refractivity contribution is 0.0246. The van der Waals surface area contributed by atoms with Crippen molar-refractivity contribution >= 4 is 0 Å². The normalized spacial score (nSPS) is 30.5. The topological polar surface area (TPSA) is 50.7 Å². The molecule has 0 aliphatic heterocycles. The molecule has 0 bridgehead atoms. The Kier molecular flexibility index (Phi) is 6.74. The SMILES string of the molecule is COCCOCCNC1(CO)CC(C)CC(C)(C)C1. The van der Waals surface area contributed by atoms with Gasteiger partial charge in [-0.05, 0) is 30.6 Å². The molecule has 0 heterocycles. The molecule has 2 unspecified atom stereocenters. The van der Waals surface area contributed by atoms with Crippen LogP contribution in [-0.2, 0) is 9.47 Å². The van der Waals surface area contributed by atoms with Crippen molar-refractivity contribution in [3.63, 3.8) is 0 Å². The van der Waals surface area contributed by atoms with E-state index in [2.05, 4.69) is 26.1 Å². The summed E-state index contributed by atoms with van der Waals surface area (Å²) in [4.78, 5) is 0. The number of methoxy groups -OCH3 is 1. The summed E-state index contributed by atoms with van der Waals surface area (Å²) in [5.74, 6) is 0.651. The van der Waals surface area contributed by atoms with Crippen LogP contribution in [0.15, 0.2) is 0 Å². The average Bonchev–Trinajstić information content (AvgIpc) is 2.31. The van der Waals surface area contributed by atoms with Crippen LogP contribution in [0.1, 0.15) is 40.0 Å². The molecule has 0 aromatic carbocycles. The molecular formula is C15H31NO3. The minimum absolute atomic E-state index is 0.133. The van der Waals surface area contributed by atoms with E-state index in [-0.39, 0.29) is 12.1 Å². The number of rotatable bonds is 8. The highest BCUT2D eigenvalue weighted by Crippen LogP contribution is 2.43. The molecule has 4 nitrogen and oxygen atoms in total. The lowest BCUT2D eigenvalue weighted by Gasteiger charge is -2.47. The van der Waals surface area contributed by atoms with Crippen LogP contribution < -0.4 is 5.32 Å². The highest BCUT2D eigenvalue weighted by Gasteiger charge is 2.41. The van der Waals surface area contributed by atoms with Crippen LogP contribution in [0.3, 0.4) is 0 Å². The first kappa shape index (κ1) is 16.9. The van der Waals surface area contributed by atoms with Crippen LogP contribution in [0, 0.1) is 11.3 Å². The van der Waals surface area contributed by atoms with Gasteiger partial charge in [0.1, 0.15) is 0 Å². The van der Waals surface area contributed by atoms with E-state index in [0.29, 0.717) is 31.2 Å². The number of hydrogen-bond acceptors (Lipinski definition) is 4. The first-order valence-electron chi connectivity index (χ1n) is 7.36. The van der Waals surface area contributed by atoms with E-state index >= 15 is 0 Å². The van der Waals surface area contributed by atoms with E-state index in [4.69, 9.17) is 9.47 Å². The standard InChI is InChI=1S/C15H31NO3/c1-13-9-14(2,3)11-15(10-13,12-17)16-5-6-19-8-7-18-4/h13,16-17H,5-12H2,1-4H3. The van der Waals surface area contributed by atoms with Gasteiger partial charge >= 0.3 is 0 Å². The molecule has 2 atom stereocenters. The van der Waals surface area contributed by atoms with Crippen molar-refractivity contribution in [2.24, 2.45) is 11.3 Å². The predicted molar refractivity (Wildman–Crippen MR) is 77.3 cm³/mol. The number of hydrogen-bond donors (Lipinski definition) is 2. The fourth-order valence-electron chi connectivity index (χ4n) is 3.69. The van der Waals surface area contributed by atoms with Crippen LogP contribution >= 0.6 is 0 Å². The maximum absolute atomic E-state index is 9.81. The molecule has 19 heavy (non-hydrogen) atoms. The van der Waals surface area contributed by atoms with Crippen molar-refractivity contribution in [1.82, 2.24) is 5.32 Å². The molecule has 1 fully saturated rings. The molecule has 2 N–H and O–H groups in total. The number of ether oxygens (including phenoxy) is 2. The van der Waals surface area contributed by atoms with Crippen LogP contribution in [0.25, 0.3) is 0 Å². The molecule has 1 rings (SSSR count). The molecular weight excluding hydrogens is 242 g/mol. The van der Waals surface area contributed by atoms with Gasteiger partial charge in [0.05, 0.1) is 26.4 Å². The van der Waals surface area contributed by atoms with Crippen molar-refractivity contribution in [3.8, 4) is 0 Å². The molecule has 0 saturated heterocycles. The molecule has 114 valence electrons. The van der Waals surface area contributed by atoms with Gasteiger partial charge in [-0.25, -0.2) is 0 Å². The number of aliphatic hydroxyl groups is 1. The largest absolute Gasteiger partial charge is 0.394 e. The second-order valence-electron chi connectivity index (χ2n) is 6.82. The minimum Gasteiger partial charge on any atom is -0.394 e. The van der Waals surface area contributed by atoms with Crippen molar-refractivity contribution in [2.75, 3.05) is 40.1 Å². The molecule has 0 aromatic heterocycles. The van der Waals surface area contributed by atoms with Crippen molar-refractivity contribution in [1.29, 1.82) is 0 Å². The molecule has 1 saturated carbocycles. The second-order valence-corrected chi connectivity index (χ2v) is 6.82.